The molecule has 2 aromatic carbocycles. The lowest BCUT2D eigenvalue weighted by Gasteiger charge is -2.17. The molecule has 0 saturated carbocycles. The summed E-state index contributed by atoms with van der Waals surface area (Å²) >= 11 is 0. The van der Waals surface area contributed by atoms with Crippen LogP contribution in [0.5, 0.6) is 0 Å². The lowest BCUT2D eigenvalue weighted by atomic mass is 10.0. The van der Waals surface area contributed by atoms with Crippen molar-refractivity contribution >= 4 is 27.4 Å². The first-order valence-corrected chi connectivity index (χ1v) is 10.3. The molecule has 2 aromatic rings. The number of anilines is 1. The van der Waals surface area contributed by atoms with Gasteiger partial charge in [-0.1, -0.05) is 17.7 Å². The third-order valence-electron chi connectivity index (χ3n) is 4.10. The van der Waals surface area contributed by atoms with Crippen LogP contribution in [0.4, 0.5) is 5.69 Å². The molecule has 0 radical (unpaired) electrons. The third kappa shape index (κ3) is 5.17. The van der Waals surface area contributed by atoms with Crippen molar-refractivity contribution in [2.24, 2.45) is 0 Å². The number of ether oxygens (including phenoxy) is 1. The Morgan fingerprint density at radius 1 is 1.00 bits per heavy atom. The van der Waals surface area contributed by atoms with Gasteiger partial charge in [-0.25, -0.2) is 13.2 Å². The van der Waals surface area contributed by atoms with Crippen molar-refractivity contribution in [3.05, 3.63) is 58.7 Å². The molecule has 2 rings (SSSR count). The Hall–Kier alpha value is -2.67. The number of carbonyl (C=O) groups excluding carboxylic acids is 2. The van der Waals surface area contributed by atoms with Gasteiger partial charge in [0.15, 0.2) is 15.9 Å². The smallest absolute Gasteiger partial charge is 0.338 e. The Morgan fingerprint density at radius 2 is 1.52 bits per heavy atom. The maximum Gasteiger partial charge on any atom is 0.338 e. The molecule has 0 heterocycles. The van der Waals surface area contributed by atoms with Gasteiger partial charge in [0.1, 0.15) is 0 Å². The number of amides is 1. The van der Waals surface area contributed by atoms with Crippen LogP contribution in [-0.4, -0.2) is 32.7 Å². The van der Waals surface area contributed by atoms with Crippen molar-refractivity contribution in [2.45, 2.75) is 38.7 Å². The molecule has 0 unspecified atom stereocenters. The molecule has 1 N–H and O–H groups in total. The molecule has 0 spiro atoms. The van der Waals surface area contributed by atoms with Crippen LogP contribution in [0.1, 0.15) is 34.0 Å². The molecule has 1 atom stereocenters. The van der Waals surface area contributed by atoms with Crippen LogP contribution in [0.2, 0.25) is 0 Å². The van der Waals surface area contributed by atoms with Gasteiger partial charge < -0.3 is 10.1 Å². The van der Waals surface area contributed by atoms with E-state index >= 15 is 0 Å². The molecule has 0 aromatic heterocycles. The number of sulfone groups is 1. The first kappa shape index (κ1) is 20.6. The van der Waals surface area contributed by atoms with E-state index in [9.17, 15) is 18.0 Å². The van der Waals surface area contributed by atoms with Crippen molar-refractivity contribution < 1.29 is 22.7 Å². The highest BCUT2D eigenvalue weighted by atomic mass is 32.2. The monoisotopic (exact) mass is 389 g/mol. The second-order valence-corrected chi connectivity index (χ2v) is 8.62. The van der Waals surface area contributed by atoms with Crippen molar-refractivity contribution in [1.82, 2.24) is 0 Å². The number of nitrogens with one attached hydrogen (secondary N) is 1. The second-order valence-electron chi connectivity index (χ2n) is 6.61. The van der Waals surface area contributed by atoms with Crippen molar-refractivity contribution in [1.29, 1.82) is 0 Å². The normalized spacial score (nSPS) is 12.3. The number of benzene rings is 2. The van der Waals surface area contributed by atoms with Crippen LogP contribution in [0, 0.1) is 20.8 Å². The summed E-state index contributed by atoms with van der Waals surface area (Å²) in [6.45, 7) is 7.26. The van der Waals surface area contributed by atoms with Gasteiger partial charge in [-0.05, 0) is 63.1 Å². The summed E-state index contributed by atoms with van der Waals surface area (Å²) in [4.78, 5) is 24.7. The summed E-state index contributed by atoms with van der Waals surface area (Å²) in [7, 11) is -3.34. The average Bonchev–Trinajstić information content (AvgIpc) is 2.57. The Kier molecular flexibility index (Phi) is 6.05. The molecule has 6 nitrogen and oxygen atoms in total. The maximum absolute atomic E-state index is 12.4. The first-order valence-electron chi connectivity index (χ1n) is 8.39. The molecule has 0 aliphatic carbocycles. The zero-order valence-electron chi connectivity index (χ0n) is 16.0. The van der Waals surface area contributed by atoms with E-state index < -0.39 is 27.8 Å². The molecule has 0 aliphatic heterocycles. The number of rotatable bonds is 5. The SMILES string of the molecule is Cc1cc(C)c(NC(=O)[C@@H](C)OC(=O)c2ccc(S(C)(=O)=O)cc2)c(C)c1. The molecule has 0 fully saturated rings. The van der Waals surface area contributed by atoms with Crippen molar-refractivity contribution in [2.75, 3.05) is 11.6 Å². The number of hydrogen-bond donors (Lipinski definition) is 1. The zero-order valence-corrected chi connectivity index (χ0v) is 16.8. The van der Waals surface area contributed by atoms with Crippen molar-refractivity contribution in [3.63, 3.8) is 0 Å². The number of carbonyl (C=O) groups is 2. The minimum atomic E-state index is -3.34. The summed E-state index contributed by atoms with van der Waals surface area (Å²) in [6.07, 6.45) is 0.0779. The van der Waals surface area contributed by atoms with E-state index in [1.165, 1.54) is 31.2 Å². The molecule has 27 heavy (non-hydrogen) atoms. The summed E-state index contributed by atoms with van der Waals surface area (Å²) in [5.41, 5.74) is 3.82. The first-order chi connectivity index (χ1) is 12.5. The van der Waals surface area contributed by atoms with Crippen molar-refractivity contribution in [3.8, 4) is 0 Å². The fraction of sp³-hybridized carbons (Fsp3) is 0.300. The quantitative estimate of drug-likeness (QED) is 0.793. The Morgan fingerprint density at radius 3 is 2.00 bits per heavy atom. The molecule has 0 saturated heterocycles. The molecular formula is C20H23NO5S. The Bertz CT molecular complexity index is 955. The van der Waals surface area contributed by atoms with Gasteiger partial charge in [-0.2, -0.15) is 0 Å². The molecule has 144 valence electrons. The molecule has 1 amide bonds. The topological polar surface area (TPSA) is 89.5 Å². The van der Waals surface area contributed by atoms with Crippen LogP contribution in [0.25, 0.3) is 0 Å². The van der Waals surface area contributed by atoms with Crippen LogP contribution in [0.3, 0.4) is 0 Å². The van der Waals surface area contributed by atoms with Gasteiger partial charge in [0, 0.05) is 11.9 Å². The van der Waals surface area contributed by atoms with Gasteiger partial charge in [0.2, 0.25) is 0 Å². The third-order valence-corrected chi connectivity index (χ3v) is 5.22. The fourth-order valence-corrected chi connectivity index (χ4v) is 3.35. The summed E-state index contributed by atoms with van der Waals surface area (Å²) < 4.78 is 28.1. The highest BCUT2D eigenvalue weighted by Gasteiger charge is 2.20. The van der Waals surface area contributed by atoms with Gasteiger partial charge >= 0.3 is 5.97 Å². The second kappa shape index (κ2) is 7.92. The molecule has 0 bridgehead atoms. The largest absolute Gasteiger partial charge is 0.449 e. The van der Waals surface area contributed by atoms with E-state index in [1.54, 1.807) is 0 Å². The lowest BCUT2D eigenvalue weighted by molar-refractivity contribution is -0.123. The molecule has 7 heteroatoms. The van der Waals surface area contributed by atoms with E-state index in [0.29, 0.717) is 5.69 Å². The van der Waals surface area contributed by atoms with Crippen LogP contribution in [0.15, 0.2) is 41.3 Å². The molecular weight excluding hydrogens is 366 g/mol. The minimum Gasteiger partial charge on any atom is -0.449 e. The predicted octanol–water partition coefficient (Wildman–Crippen LogP) is 3.20. The average molecular weight is 389 g/mol. The van der Waals surface area contributed by atoms with E-state index in [2.05, 4.69) is 5.32 Å². The van der Waals surface area contributed by atoms with E-state index in [0.717, 1.165) is 22.9 Å². The van der Waals surface area contributed by atoms with Crippen LogP contribution in [-0.2, 0) is 19.4 Å². The summed E-state index contributed by atoms with van der Waals surface area (Å²) in [6, 6.07) is 9.30. The molecule has 0 aliphatic rings. The summed E-state index contributed by atoms with van der Waals surface area (Å²) in [5.74, 6) is -1.14. The fourth-order valence-electron chi connectivity index (χ4n) is 2.72. The lowest BCUT2D eigenvalue weighted by Crippen LogP contribution is -2.30. The highest BCUT2D eigenvalue weighted by Crippen LogP contribution is 2.22. The Labute approximate surface area is 159 Å². The van der Waals surface area contributed by atoms with Gasteiger partial charge in [-0.15, -0.1) is 0 Å². The minimum absolute atomic E-state index is 0.107. The van der Waals surface area contributed by atoms with E-state index in [1.807, 2.05) is 32.9 Å². The van der Waals surface area contributed by atoms with E-state index in [4.69, 9.17) is 4.74 Å². The maximum atomic E-state index is 12.4. The number of esters is 1. The van der Waals surface area contributed by atoms with Gasteiger partial charge in [-0.3, -0.25) is 4.79 Å². The number of hydrogen-bond acceptors (Lipinski definition) is 5. The zero-order chi connectivity index (χ0) is 20.4. The van der Waals surface area contributed by atoms with Gasteiger partial charge in [0.25, 0.3) is 5.91 Å². The summed E-state index contributed by atoms with van der Waals surface area (Å²) in [5, 5.41) is 2.80. The Balaban J connectivity index is 2.07. The highest BCUT2D eigenvalue weighted by molar-refractivity contribution is 7.90. The number of aryl methyl sites for hydroxylation is 3. The van der Waals surface area contributed by atoms with Crippen LogP contribution < -0.4 is 5.32 Å². The standard InChI is InChI=1S/C20H23NO5S/c1-12-10-13(2)18(14(3)11-12)21-19(22)15(4)26-20(23)16-6-8-17(9-7-16)27(5,24)25/h6-11,15H,1-5H3,(H,21,22)/t15-/m1/s1. The van der Waals surface area contributed by atoms with Gasteiger partial charge in [0.05, 0.1) is 10.5 Å². The predicted molar refractivity (Wildman–Crippen MR) is 104 cm³/mol. The van der Waals surface area contributed by atoms with E-state index in [-0.39, 0.29) is 10.5 Å². The van der Waals surface area contributed by atoms with Crippen LogP contribution >= 0.6 is 0 Å².